The number of benzene rings is 1. The van der Waals surface area contributed by atoms with Crippen LogP contribution < -0.4 is 10.5 Å². The zero-order valence-electron chi connectivity index (χ0n) is 10.6. The van der Waals surface area contributed by atoms with Crippen LogP contribution in [-0.2, 0) is 4.79 Å². The smallest absolute Gasteiger partial charge is 0.227 e. The fourth-order valence-corrected chi connectivity index (χ4v) is 2.51. The Morgan fingerprint density at radius 2 is 2.17 bits per heavy atom. The van der Waals surface area contributed by atoms with Gasteiger partial charge in [0.2, 0.25) is 5.91 Å². The lowest BCUT2D eigenvalue weighted by Crippen LogP contribution is -2.35. The second-order valence-corrected chi connectivity index (χ2v) is 5.42. The Labute approximate surface area is 112 Å². The van der Waals surface area contributed by atoms with Gasteiger partial charge in [-0.2, -0.15) is 0 Å². The van der Waals surface area contributed by atoms with Crippen LogP contribution in [0.1, 0.15) is 12.8 Å². The number of nitrogens with two attached hydrogens (primary N) is 1. The molecule has 0 aliphatic carbocycles. The summed E-state index contributed by atoms with van der Waals surface area (Å²) in [4.78, 5) is 15.3. The minimum atomic E-state index is 0.127. The number of likely N-dealkylation sites (tertiary alicyclic amines) is 1. The molecular weight excluding hydrogens is 246 g/mol. The van der Waals surface area contributed by atoms with Gasteiger partial charge in [0.15, 0.2) is 0 Å². The van der Waals surface area contributed by atoms with E-state index < -0.39 is 0 Å². The Morgan fingerprint density at radius 3 is 2.83 bits per heavy atom. The summed E-state index contributed by atoms with van der Waals surface area (Å²) in [6.45, 7) is 1.99. The summed E-state index contributed by atoms with van der Waals surface area (Å²) < 4.78 is 0. The van der Waals surface area contributed by atoms with Gasteiger partial charge < -0.3 is 10.2 Å². The molecule has 2 rings (SSSR count). The molecule has 0 atom stereocenters. The Balaban J connectivity index is 1.94. The summed E-state index contributed by atoms with van der Waals surface area (Å²) >= 11 is 1.19. The number of carbonyl (C=O) groups is 1. The Kier molecular flexibility index (Phi) is 4.63. The van der Waals surface area contributed by atoms with Crippen molar-refractivity contribution in [3.05, 3.63) is 24.3 Å². The van der Waals surface area contributed by atoms with Crippen LogP contribution in [0.3, 0.4) is 0 Å². The van der Waals surface area contributed by atoms with E-state index in [0.29, 0.717) is 0 Å². The number of carbonyl (C=O) groups excluding carboxylic acids is 1. The molecule has 0 unspecified atom stereocenters. The van der Waals surface area contributed by atoms with Gasteiger partial charge in [0, 0.05) is 16.5 Å². The lowest BCUT2D eigenvalue weighted by atomic mass is 9.96. The highest BCUT2D eigenvalue weighted by Gasteiger charge is 2.23. The van der Waals surface area contributed by atoms with Crippen LogP contribution in [0.5, 0.6) is 0 Å². The molecule has 4 nitrogen and oxygen atoms in total. The molecule has 0 radical (unpaired) electrons. The molecule has 18 heavy (non-hydrogen) atoms. The SMILES string of the molecule is CN1CCC(C(=O)Nc2cccc(SN)c2)CC1. The van der Waals surface area contributed by atoms with Gasteiger partial charge in [-0.3, -0.25) is 9.93 Å². The largest absolute Gasteiger partial charge is 0.326 e. The van der Waals surface area contributed by atoms with Crippen molar-refractivity contribution in [2.75, 3.05) is 25.5 Å². The van der Waals surface area contributed by atoms with Gasteiger partial charge in [-0.1, -0.05) is 6.07 Å². The van der Waals surface area contributed by atoms with E-state index in [1.54, 1.807) is 0 Å². The highest BCUT2D eigenvalue weighted by molar-refractivity contribution is 7.97. The molecule has 0 spiro atoms. The van der Waals surface area contributed by atoms with Crippen LogP contribution in [-0.4, -0.2) is 30.9 Å². The molecule has 1 aliphatic heterocycles. The molecule has 0 aromatic heterocycles. The molecule has 1 saturated heterocycles. The van der Waals surface area contributed by atoms with Crippen LogP contribution in [0.4, 0.5) is 5.69 Å². The Hall–Kier alpha value is -1.04. The predicted molar refractivity (Wildman–Crippen MR) is 75.3 cm³/mol. The highest BCUT2D eigenvalue weighted by atomic mass is 32.2. The van der Waals surface area contributed by atoms with E-state index in [1.807, 2.05) is 24.3 Å². The zero-order chi connectivity index (χ0) is 13.0. The second kappa shape index (κ2) is 6.22. The molecule has 1 aromatic rings. The lowest BCUT2D eigenvalue weighted by Gasteiger charge is -2.28. The number of nitrogens with one attached hydrogen (secondary N) is 1. The fraction of sp³-hybridized carbons (Fsp3) is 0.462. The van der Waals surface area contributed by atoms with E-state index in [-0.39, 0.29) is 11.8 Å². The number of nitrogens with zero attached hydrogens (tertiary/aromatic N) is 1. The first-order chi connectivity index (χ1) is 8.69. The molecule has 1 aliphatic rings. The van der Waals surface area contributed by atoms with Crippen molar-refractivity contribution in [3.8, 4) is 0 Å². The number of anilines is 1. The Morgan fingerprint density at radius 1 is 1.44 bits per heavy atom. The number of hydrogen-bond acceptors (Lipinski definition) is 4. The van der Waals surface area contributed by atoms with Crippen molar-refractivity contribution in [1.29, 1.82) is 0 Å². The van der Waals surface area contributed by atoms with Crippen LogP contribution in [0.15, 0.2) is 29.2 Å². The zero-order valence-corrected chi connectivity index (χ0v) is 11.4. The van der Waals surface area contributed by atoms with Gasteiger partial charge in [-0.15, -0.1) is 0 Å². The maximum absolute atomic E-state index is 12.1. The van der Waals surface area contributed by atoms with Gasteiger partial charge >= 0.3 is 0 Å². The first-order valence-corrected chi connectivity index (χ1v) is 7.03. The maximum atomic E-state index is 12.1. The van der Waals surface area contributed by atoms with Crippen molar-refractivity contribution >= 4 is 23.5 Å². The molecule has 98 valence electrons. The average Bonchev–Trinajstić information content (AvgIpc) is 2.39. The van der Waals surface area contributed by atoms with Crippen molar-refractivity contribution < 1.29 is 4.79 Å². The molecule has 1 amide bonds. The Bertz CT molecular complexity index is 416. The maximum Gasteiger partial charge on any atom is 0.227 e. The van der Waals surface area contributed by atoms with E-state index >= 15 is 0 Å². The first kappa shape index (κ1) is 13.4. The van der Waals surface area contributed by atoms with Gasteiger partial charge in [0.05, 0.1) is 0 Å². The first-order valence-electron chi connectivity index (χ1n) is 6.15. The number of rotatable bonds is 3. The van der Waals surface area contributed by atoms with E-state index in [9.17, 15) is 4.79 Å². The van der Waals surface area contributed by atoms with Crippen molar-refractivity contribution in [2.45, 2.75) is 17.7 Å². The normalized spacial score (nSPS) is 17.7. The molecular formula is C13H19N3OS. The standard InChI is InChI=1S/C13H19N3OS/c1-16-7-5-10(6-8-16)13(17)15-11-3-2-4-12(9-11)18-14/h2-4,9-10H,5-8,14H2,1H3,(H,15,17). The van der Waals surface area contributed by atoms with E-state index in [1.165, 1.54) is 11.9 Å². The summed E-state index contributed by atoms with van der Waals surface area (Å²) in [7, 11) is 2.09. The molecule has 3 N–H and O–H groups in total. The van der Waals surface area contributed by atoms with Gasteiger partial charge in [-0.25, -0.2) is 0 Å². The third-order valence-electron chi connectivity index (χ3n) is 3.33. The van der Waals surface area contributed by atoms with E-state index in [0.717, 1.165) is 36.5 Å². The van der Waals surface area contributed by atoms with Crippen LogP contribution >= 0.6 is 11.9 Å². The monoisotopic (exact) mass is 265 g/mol. The minimum absolute atomic E-state index is 0.127. The number of amides is 1. The van der Waals surface area contributed by atoms with Crippen molar-refractivity contribution in [1.82, 2.24) is 4.90 Å². The van der Waals surface area contributed by atoms with Crippen molar-refractivity contribution in [2.24, 2.45) is 11.1 Å². The number of piperidine rings is 1. The summed E-state index contributed by atoms with van der Waals surface area (Å²) in [6, 6.07) is 7.62. The predicted octanol–water partition coefficient (Wildman–Crippen LogP) is 1.93. The molecule has 0 bridgehead atoms. The summed E-state index contributed by atoms with van der Waals surface area (Å²) in [5.41, 5.74) is 0.828. The van der Waals surface area contributed by atoms with Gasteiger partial charge in [-0.05, 0) is 63.1 Å². The molecule has 1 heterocycles. The van der Waals surface area contributed by atoms with Crippen molar-refractivity contribution in [3.63, 3.8) is 0 Å². The van der Waals surface area contributed by atoms with Crippen LogP contribution in [0.2, 0.25) is 0 Å². The van der Waals surface area contributed by atoms with Gasteiger partial charge in [0.25, 0.3) is 0 Å². The van der Waals surface area contributed by atoms with Gasteiger partial charge in [0.1, 0.15) is 0 Å². The summed E-state index contributed by atoms with van der Waals surface area (Å²) in [5.74, 6) is 0.262. The molecule has 1 fully saturated rings. The van der Waals surface area contributed by atoms with E-state index in [4.69, 9.17) is 5.14 Å². The van der Waals surface area contributed by atoms with Crippen LogP contribution in [0.25, 0.3) is 0 Å². The fourth-order valence-electron chi connectivity index (χ4n) is 2.16. The average molecular weight is 265 g/mol. The van der Waals surface area contributed by atoms with E-state index in [2.05, 4.69) is 17.3 Å². The topological polar surface area (TPSA) is 58.4 Å². The number of hydrogen-bond donors (Lipinski definition) is 2. The lowest BCUT2D eigenvalue weighted by molar-refractivity contribution is -0.121. The third kappa shape index (κ3) is 3.48. The van der Waals surface area contributed by atoms with Crippen LogP contribution in [0, 0.1) is 5.92 Å². The molecule has 0 saturated carbocycles. The molecule has 5 heteroatoms. The third-order valence-corrected chi connectivity index (χ3v) is 3.85. The summed E-state index contributed by atoms with van der Waals surface area (Å²) in [6.07, 6.45) is 1.88. The summed E-state index contributed by atoms with van der Waals surface area (Å²) in [5, 5.41) is 8.48. The second-order valence-electron chi connectivity index (χ2n) is 4.71. The quantitative estimate of drug-likeness (QED) is 0.820. The minimum Gasteiger partial charge on any atom is -0.326 e. The highest BCUT2D eigenvalue weighted by Crippen LogP contribution is 2.21. The molecule has 1 aromatic carbocycles.